The quantitative estimate of drug-likeness (QED) is 0.798. The summed E-state index contributed by atoms with van der Waals surface area (Å²) in [6.45, 7) is 1.53. The Kier molecular flexibility index (Phi) is 4.18. The standard InChI is InChI=1S/C18H24O3/c1-12(19)21-18-5-3-4-17(18)15-7-6-14-11-16(20-2)9-8-13(14)10-15/h8-9,11,15,17-18H,3-7,10H2,1-2H3/t15-,17+,18+/m0/s1. The molecule has 2 aliphatic carbocycles. The molecule has 21 heavy (non-hydrogen) atoms. The molecular weight excluding hydrogens is 264 g/mol. The van der Waals surface area contributed by atoms with Gasteiger partial charge in [0.2, 0.25) is 0 Å². The predicted octanol–water partition coefficient (Wildman–Crippen LogP) is 3.53. The predicted molar refractivity (Wildman–Crippen MR) is 81.4 cm³/mol. The van der Waals surface area contributed by atoms with Gasteiger partial charge in [-0.1, -0.05) is 6.07 Å². The van der Waals surface area contributed by atoms with Gasteiger partial charge in [-0.3, -0.25) is 4.79 Å². The fourth-order valence-electron chi connectivity index (χ4n) is 4.11. The van der Waals surface area contributed by atoms with E-state index in [2.05, 4.69) is 18.2 Å². The van der Waals surface area contributed by atoms with Crippen molar-refractivity contribution in [2.24, 2.45) is 11.8 Å². The Balaban J connectivity index is 1.72. The largest absolute Gasteiger partial charge is 0.497 e. The van der Waals surface area contributed by atoms with Crippen LogP contribution in [0.3, 0.4) is 0 Å². The zero-order valence-electron chi connectivity index (χ0n) is 12.9. The molecule has 0 aromatic heterocycles. The number of ether oxygens (including phenoxy) is 2. The monoisotopic (exact) mass is 288 g/mol. The van der Waals surface area contributed by atoms with Crippen molar-refractivity contribution < 1.29 is 14.3 Å². The molecule has 0 radical (unpaired) electrons. The van der Waals surface area contributed by atoms with Crippen molar-refractivity contribution in [1.82, 2.24) is 0 Å². The van der Waals surface area contributed by atoms with Crippen LogP contribution >= 0.6 is 0 Å². The molecule has 114 valence electrons. The number of aryl methyl sites for hydroxylation is 1. The van der Waals surface area contributed by atoms with E-state index in [0.29, 0.717) is 11.8 Å². The summed E-state index contributed by atoms with van der Waals surface area (Å²) in [4.78, 5) is 11.3. The first kappa shape index (κ1) is 14.4. The van der Waals surface area contributed by atoms with E-state index >= 15 is 0 Å². The molecule has 2 aliphatic rings. The van der Waals surface area contributed by atoms with Gasteiger partial charge in [0.1, 0.15) is 11.9 Å². The number of fused-ring (bicyclic) bond motifs is 1. The summed E-state index contributed by atoms with van der Waals surface area (Å²) < 4.78 is 10.9. The van der Waals surface area contributed by atoms with Crippen LogP contribution in [0.25, 0.3) is 0 Å². The van der Waals surface area contributed by atoms with Gasteiger partial charge in [-0.25, -0.2) is 0 Å². The van der Waals surface area contributed by atoms with Crippen LogP contribution in [0, 0.1) is 11.8 Å². The molecule has 0 amide bonds. The lowest BCUT2D eigenvalue weighted by Gasteiger charge is -2.32. The van der Waals surface area contributed by atoms with Gasteiger partial charge in [0.15, 0.2) is 0 Å². The molecule has 1 aromatic rings. The molecule has 0 aliphatic heterocycles. The number of hydrogen-bond acceptors (Lipinski definition) is 3. The van der Waals surface area contributed by atoms with Gasteiger partial charge in [0.25, 0.3) is 0 Å². The Bertz CT molecular complexity index is 523. The van der Waals surface area contributed by atoms with Crippen molar-refractivity contribution in [3.8, 4) is 5.75 Å². The summed E-state index contributed by atoms with van der Waals surface area (Å²) in [5.74, 6) is 2.01. The first-order valence-electron chi connectivity index (χ1n) is 8.00. The zero-order chi connectivity index (χ0) is 14.8. The molecule has 0 spiro atoms. The summed E-state index contributed by atoms with van der Waals surface area (Å²) in [6.07, 6.45) is 7.00. The normalized spacial score (nSPS) is 28.0. The minimum atomic E-state index is -0.132. The Morgan fingerprint density at radius 3 is 2.81 bits per heavy atom. The minimum Gasteiger partial charge on any atom is -0.497 e. The average Bonchev–Trinajstić information content (AvgIpc) is 2.93. The third-order valence-electron chi connectivity index (χ3n) is 5.11. The third-order valence-corrected chi connectivity index (χ3v) is 5.11. The summed E-state index contributed by atoms with van der Waals surface area (Å²) in [5, 5.41) is 0. The van der Waals surface area contributed by atoms with Crippen molar-refractivity contribution in [3.63, 3.8) is 0 Å². The molecule has 3 heteroatoms. The molecule has 1 saturated carbocycles. The van der Waals surface area contributed by atoms with Crippen LogP contribution in [0.15, 0.2) is 18.2 Å². The fourth-order valence-corrected chi connectivity index (χ4v) is 4.11. The topological polar surface area (TPSA) is 35.5 Å². The van der Waals surface area contributed by atoms with Crippen LogP contribution < -0.4 is 4.74 Å². The molecule has 1 fully saturated rings. The number of esters is 1. The first-order chi connectivity index (χ1) is 10.2. The van der Waals surface area contributed by atoms with Crippen molar-refractivity contribution in [3.05, 3.63) is 29.3 Å². The third kappa shape index (κ3) is 3.07. The van der Waals surface area contributed by atoms with Gasteiger partial charge in [-0.2, -0.15) is 0 Å². The minimum absolute atomic E-state index is 0.132. The Labute approximate surface area is 126 Å². The Hall–Kier alpha value is -1.51. The van der Waals surface area contributed by atoms with Crippen LogP contribution in [0.4, 0.5) is 0 Å². The number of benzene rings is 1. The molecule has 0 heterocycles. The molecule has 0 N–H and O–H groups in total. The highest BCUT2D eigenvalue weighted by molar-refractivity contribution is 5.66. The van der Waals surface area contributed by atoms with Crippen LogP contribution in [-0.2, 0) is 22.4 Å². The SMILES string of the molecule is COc1ccc2c(c1)CC[C@H]([C@H]1CCC[C@H]1OC(C)=O)C2. The highest BCUT2D eigenvalue weighted by Gasteiger charge is 2.37. The Morgan fingerprint density at radius 1 is 1.19 bits per heavy atom. The van der Waals surface area contributed by atoms with Crippen molar-refractivity contribution in [2.45, 2.75) is 51.6 Å². The molecule has 3 rings (SSSR count). The second-order valence-electron chi connectivity index (χ2n) is 6.38. The zero-order valence-corrected chi connectivity index (χ0v) is 12.9. The van der Waals surface area contributed by atoms with E-state index in [0.717, 1.165) is 25.0 Å². The van der Waals surface area contributed by atoms with E-state index in [1.165, 1.54) is 37.3 Å². The maximum absolute atomic E-state index is 11.3. The van der Waals surface area contributed by atoms with E-state index in [-0.39, 0.29) is 12.1 Å². The number of carbonyl (C=O) groups excluding carboxylic acids is 1. The lowest BCUT2D eigenvalue weighted by atomic mass is 9.75. The van der Waals surface area contributed by atoms with E-state index < -0.39 is 0 Å². The number of hydrogen-bond donors (Lipinski definition) is 0. The number of carbonyl (C=O) groups is 1. The van der Waals surface area contributed by atoms with Crippen molar-refractivity contribution in [2.75, 3.05) is 7.11 Å². The molecule has 3 nitrogen and oxygen atoms in total. The Morgan fingerprint density at radius 2 is 2.05 bits per heavy atom. The van der Waals surface area contributed by atoms with Gasteiger partial charge in [-0.15, -0.1) is 0 Å². The summed E-state index contributed by atoms with van der Waals surface area (Å²) >= 11 is 0. The molecular formula is C18H24O3. The second-order valence-corrected chi connectivity index (χ2v) is 6.38. The molecule has 0 unspecified atom stereocenters. The highest BCUT2D eigenvalue weighted by Crippen LogP contribution is 2.40. The van der Waals surface area contributed by atoms with Gasteiger partial charge >= 0.3 is 5.97 Å². The summed E-state index contributed by atoms with van der Waals surface area (Å²) in [6, 6.07) is 6.43. The lowest BCUT2D eigenvalue weighted by molar-refractivity contribution is -0.149. The summed E-state index contributed by atoms with van der Waals surface area (Å²) in [7, 11) is 1.72. The van der Waals surface area contributed by atoms with Crippen LogP contribution in [0.1, 0.15) is 43.7 Å². The summed E-state index contributed by atoms with van der Waals surface area (Å²) in [5.41, 5.74) is 2.87. The van der Waals surface area contributed by atoms with Gasteiger partial charge < -0.3 is 9.47 Å². The molecule has 0 bridgehead atoms. The second kappa shape index (κ2) is 6.08. The number of rotatable bonds is 3. The van der Waals surface area contributed by atoms with Crippen LogP contribution in [0.5, 0.6) is 5.75 Å². The van der Waals surface area contributed by atoms with Crippen molar-refractivity contribution >= 4 is 5.97 Å². The van der Waals surface area contributed by atoms with E-state index in [1.807, 2.05) is 0 Å². The molecule has 3 atom stereocenters. The lowest BCUT2D eigenvalue weighted by Crippen LogP contribution is -2.30. The first-order valence-corrected chi connectivity index (χ1v) is 8.00. The van der Waals surface area contributed by atoms with E-state index in [4.69, 9.17) is 9.47 Å². The van der Waals surface area contributed by atoms with Crippen molar-refractivity contribution in [1.29, 1.82) is 0 Å². The fraction of sp³-hybridized carbons (Fsp3) is 0.611. The van der Waals surface area contributed by atoms with Gasteiger partial charge in [-0.05, 0) is 73.6 Å². The highest BCUT2D eigenvalue weighted by atomic mass is 16.5. The van der Waals surface area contributed by atoms with Crippen LogP contribution in [0.2, 0.25) is 0 Å². The maximum Gasteiger partial charge on any atom is 0.302 e. The average molecular weight is 288 g/mol. The van der Waals surface area contributed by atoms with E-state index in [1.54, 1.807) is 7.11 Å². The van der Waals surface area contributed by atoms with E-state index in [9.17, 15) is 4.79 Å². The maximum atomic E-state index is 11.3. The van der Waals surface area contributed by atoms with Gasteiger partial charge in [0.05, 0.1) is 7.11 Å². The smallest absolute Gasteiger partial charge is 0.302 e. The molecule has 0 saturated heterocycles. The molecule has 1 aromatic carbocycles. The number of methoxy groups -OCH3 is 1. The van der Waals surface area contributed by atoms with Gasteiger partial charge in [0, 0.05) is 6.92 Å². The van der Waals surface area contributed by atoms with Crippen LogP contribution in [-0.4, -0.2) is 19.2 Å².